The molecule has 0 aromatic heterocycles. The second-order valence-corrected chi connectivity index (χ2v) is 3.98. The van der Waals surface area contributed by atoms with E-state index < -0.39 is 0 Å². The van der Waals surface area contributed by atoms with Crippen molar-refractivity contribution in [3.63, 3.8) is 0 Å². The molecular formula is C13H15N3O3. The Balaban J connectivity index is 2.08. The molecule has 1 aliphatic heterocycles. The lowest BCUT2D eigenvalue weighted by Crippen LogP contribution is -2.32. The summed E-state index contributed by atoms with van der Waals surface area (Å²) in [5.74, 6) is 0.109. The van der Waals surface area contributed by atoms with Crippen LogP contribution in [0.25, 0.3) is 0 Å². The monoisotopic (exact) mass is 261 g/mol. The first-order valence-corrected chi connectivity index (χ1v) is 6.09. The van der Waals surface area contributed by atoms with Crippen LogP contribution in [-0.2, 0) is 9.59 Å². The Bertz CT molecular complexity index is 526. The molecule has 0 saturated heterocycles. The molecule has 0 radical (unpaired) electrons. The summed E-state index contributed by atoms with van der Waals surface area (Å²) in [5, 5.41) is 6.48. The number of ether oxygens (including phenoxy) is 1. The number of hydrazone groups is 1. The Labute approximate surface area is 110 Å². The molecule has 1 aromatic carbocycles. The molecule has 100 valence electrons. The van der Waals surface area contributed by atoms with Gasteiger partial charge < -0.3 is 10.1 Å². The smallest absolute Gasteiger partial charge is 0.271 e. The first kappa shape index (κ1) is 13.1. The van der Waals surface area contributed by atoms with E-state index in [0.29, 0.717) is 30.2 Å². The molecule has 1 aliphatic rings. The Morgan fingerprint density at radius 3 is 2.89 bits per heavy atom. The van der Waals surface area contributed by atoms with E-state index in [1.807, 2.05) is 19.1 Å². The lowest BCUT2D eigenvalue weighted by molar-refractivity contribution is -0.121. The third kappa shape index (κ3) is 3.31. The number of amides is 2. The molecule has 0 unspecified atom stereocenters. The summed E-state index contributed by atoms with van der Waals surface area (Å²) in [5.41, 5.74) is 3.20. The van der Waals surface area contributed by atoms with Gasteiger partial charge in [0.25, 0.3) is 5.91 Å². The third-order valence-electron chi connectivity index (χ3n) is 2.60. The van der Waals surface area contributed by atoms with Crippen molar-refractivity contribution in [1.29, 1.82) is 0 Å². The second kappa shape index (κ2) is 5.99. The van der Waals surface area contributed by atoms with E-state index in [9.17, 15) is 9.59 Å². The van der Waals surface area contributed by atoms with E-state index in [0.717, 1.165) is 0 Å². The minimum atomic E-state index is -0.327. The van der Waals surface area contributed by atoms with Crippen molar-refractivity contribution in [2.24, 2.45) is 5.10 Å². The van der Waals surface area contributed by atoms with Crippen LogP contribution in [0.5, 0.6) is 5.75 Å². The fourth-order valence-electron chi connectivity index (χ4n) is 1.68. The molecule has 0 bridgehead atoms. The Morgan fingerprint density at radius 2 is 2.21 bits per heavy atom. The summed E-state index contributed by atoms with van der Waals surface area (Å²) in [6.07, 6.45) is 0.619. The first-order valence-electron chi connectivity index (χ1n) is 6.09. The van der Waals surface area contributed by atoms with Crippen molar-refractivity contribution in [3.8, 4) is 5.75 Å². The summed E-state index contributed by atoms with van der Waals surface area (Å²) in [6, 6.07) is 7.18. The highest BCUT2D eigenvalue weighted by molar-refractivity contribution is 6.43. The maximum Gasteiger partial charge on any atom is 0.271 e. The largest absolute Gasteiger partial charge is 0.492 e. The highest BCUT2D eigenvalue weighted by Gasteiger charge is 2.19. The van der Waals surface area contributed by atoms with Crippen molar-refractivity contribution >= 4 is 23.2 Å². The van der Waals surface area contributed by atoms with Crippen LogP contribution in [-0.4, -0.2) is 24.1 Å². The summed E-state index contributed by atoms with van der Waals surface area (Å²) >= 11 is 0. The van der Waals surface area contributed by atoms with E-state index in [4.69, 9.17) is 4.74 Å². The van der Waals surface area contributed by atoms with Crippen LogP contribution < -0.4 is 15.5 Å². The average molecular weight is 261 g/mol. The number of carbonyl (C=O) groups excluding carboxylic acids is 2. The maximum absolute atomic E-state index is 12.0. The van der Waals surface area contributed by atoms with Gasteiger partial charge in [0.05, 0.1) is 12.3 Å². The molecule has 2 amide bonds. The predicted molar refractivity (Wildman–Crippen MR) is 71.1 cm³/mol. The zero-order chi connectivity index (χ0) is 13.7. The van der Waals surface area contributed by atoms with Gasteiger partial charge in [-0.25, -0.2) is 5.43 Å². The second-order valence-electron chi connectivity index (χ2n) is 3.98. The normalized spacial score (nSPS) is 14.4. The third-order valence-corrected chi connectivity index (χ3v) is 2.60. The summed E-state index contributed by atoms with van der Waals surface area (Å²) < 4.78 is 5.42. The lowest BCUT2D eigenvalue weighted by atomic mass is 10.1. The topological polar surface area (TPSA) is 79.8 Å². The van der Waals surface area contributed by atoms with Gasteiger partial charge in [-0.1, -0.05) is 12.1 Å². The molecule has 1 heterocycles. The van der Waals surface area contributed by atoms with Gasteiger partial charge in [0, 0.05) is 12.8 Å². The van der Waals surface area contributed by atoms with Gasteiger partial charge in [0.15, 0.2) is 0 Å². The fraction of sp³-hybridized carbons (Fsp3) is 0.308. The molecule has 0 fully saturated rings. The number of anilines is 1. The van der Waals surface area contributed by atoms with E-state index in [2.05, 4.69) is 15.8 Å². The van der Waals surface area contributed by atoms with Crippen molar-refractivity contribution in [2.75, 3.05) is 11.9 Å². The molecular weight excluding hydrogens is 246 g/mol. The van der Waals surface area contributed by atoms with Crippen molar-refractivity contribution < 1.29 is 14.3 Å². The summed E-state index contributed by atoms with van der Waals surface area (Å²) in [6.45, 7) is 2.39. The average Bonchev–Trinajstić information content (AvgIpc) is 2.42. The van der Waals surface area contributed by atoms with Gasteiger partial charge in [0.1, 0.15) is 11.5 Å². The number of para-hydroxylation sites is 2. The van der Waals surface area contributed by atoms with Crippen LogP contribution in [0.1, 0.15) is 19.8 Å². The van der Waals surface area contributed by atoms with Crippen LogP contribution in [0, 0.1) is 0 Å². The van der Waals surface area contributed by atoms with Crippen molar-refractivity contribution in [2.45, 2.75) is 19.8 Å². The quantitative estimate of drug-likeness (QED) is 0.857. The number of carbonyl (C=O) groups is 2. The molecule has 0 aliphatic carbocycles. The SMILES string of the molecule is CCOc1ccccc1NC(=O)C1=NNC(=O)CC1. The minimum Gasteiger partial charge on any atom is -0.492 e. The summed E-state index contributed by atoms with van der Waals surface area (Å²) in [4.78, 5) is 22.9. The molecule has 1 aromatic rings. The molecule has 6 heteroatoms. The lowest BCUT2D eigenvalue weighted by Gasteiger charge is -2.14. The number of hydrogen-bond donors (Lipinski definition) is 2. The summed E-state index contributed by atoms with van der Waals surface area (Å²) in [7, 11) is 0. The number of benzene rings is 1. The molecule has 0 atom stereocenters. The minimum absolute atomic E-state index is 0.175. The first-order chi connectivity index (χ1) is 9.20. The zero-order valence-electron chi connectivity index (χ0n) is 10.6. The Hall–Kier alpha value is -2.37. The zero-order valence-corrected chi connectivity index (χ0v) is 10.6. The van der Waals surface area contributed by atoms with Gasteiger partial charge in [0.2, 0.25) is 5.91 Å². The van der Waals surface area contributed by atoms with Gasteiger partial charge in [-0.2, -0.15) is 5.10 Å². The molecule has 6 nitrogen and oxygen atoms in total. The van der Waals surface area contributed by atoms with E-state index in [1.54, 1.807) is 12.1 Å². The number of hydrogen-bond acceptors (Lipinski definition) is 4. The fourth-order valence-corrected chi connectivity index (χ4v) is 1.68. The maximum atomic E-state index is 12.0. The van der Waals surface area contributed by atoms with Crippen LogP contribution in [0.15, 0.2) is 29.4 Å². The Kier molecular flexibility index (Phi) is 4.12. The number of rotatable bonds is 4. The van der Waals surface area contributed by atoms with Gasteiger partial charge in [-0.05, 0) is 19.1 Å². The standard InChI is InChI=1S/C13H15N3O3/c1-2-19-11-6-4-3-5-9(11)14-13(18)10-7-8-12(17)16-15-10/h3-6H,2,7-8H2,1H3,(H,14,18)(H,16,17). The molecule has 0 spiro atoms. The van der Waals surface area contributed by atoms with Crippen LogP contribution in [0.3, 0.4) is 0 Å². The number of nitrogens with zero attached hydrogens (tertiary/aromatic N) is 1. The van der Waals surface area contributed by atoms with Gasteiger partial charge >= 0.3 is 0 Å². The van der Waals surface area contributed by atoms with E-state index in [-0.39, 0.29) is 18.2 Å². The molecule has 2 N–H and O–H groups in total. The van der Waals surface area contributed by atoms with Crippen molar-refractivity contribution in [1.82, 2.24) is 5.43 Å². The number of nitrogens with one attached hydrogen (secondary N) is 2. The molecule has 2 rings (SSSR count). The highest BCUT2D eigenvalue weighted by atomic mass is 16.5. The van der Waals surface area contributed by atoms with E-state index >= 15 is 0 Å². The molecule has 0 saturated carbocycles. The van der Waals surface area contributed by atoms with E-state index in [1.165, 1.54) is 0 Å². The molecule has 19 heavy (non-hydrogen) atoms. The van der Waals surface area contributed by atoms with Gasteiger partial charge in [-0.3, -0.25) is 9.59 Å². The van der Waals surface area contributed by atoms with Crippen LogP contribution in [0.2, 0.25) is 0 Å². The van der Waals surface area contributed by atoms with Gasteiger partial charge in [-0.15, -0.1) is 0 Å². The van der Waals surface area contributed by atoms with Crippen LogP contribution >= 0.6 is 0 Å². The van der Waals surface area contributed by atoms with Crippen molar-refractivity contribution in [3.05, 3.63) is 24.3 Å². The predicted octanol–water partition coefficient (Wildman–Crippen LogP) is 1.29. The van der Waals surface area contributed by atoms with Crippen LogP contribution in [0.4, 0.5) is 5.69 Å². The Morgan fingerprint density at radius 1 is 1.42 bits per heavy atom. The highest BCUT2D eigenvalue weighted by Crippen LogP contribution is 2.23.